The highest BCUT2D eigenvalue weighted by molar-refractivity contribution is 5.27. The summed E-state index contributed by atoms with van der Waals surface area (Å²) < 4.78 is 5.74. The van der Waals surface area contributed by atoms with Crippen LogP contribution < -0.4 is 10.1 Å². The Bertz CT molecular complexity index is 356. The van der Waals surface area contributed by atoms with Crippen molar-refractivity contribution < 1.29 is 4.74 Å². The normalized spacial score (nSPS) is 10.8. The zero-order chi connectivity index (χ0) is 14.6. The van der Waals surface area contributed by atoms with Crippen molar-refractivity contribution in [3.05, 3.63) is 42.5 Å². The Balaban J connectivity index is 2.16. The van der Waals surface area contributed by atoms with Crippen LogP contribution in [0.25, 0.3) is 0 Å². The molecule has 0 spiro atoms. The van der Waals surface area contributed by atoms with Crippen LogP contribution in [-0.4, -0.2) is 13.2 Å². The van der Waals surface area contributed by atoms with Crippen molar-refractivity contribution in [3.63, 3.8) is 0 Å². The van der Waals surface area contributed by atoms with Gasteiger partial charge in [0.15, 0.2) is 0 Å². The molecule has 1 N–H and O–H groups in total. The molecule has 0 aliphatic heterocycles. The lowest BCUT2D eigenvalue weighted by atomic mass is 10.2. The summed E-state index contributed by atoms with van der Waals surface area (Å²) >= 11 is 0. The molecule has 112 valence electrons. The second-order valence-corrected chi connectivity index (χ2v) is 5.66. The first kappa shape index (κ1) is 16.8. The summed E-state index contributed by atoms with van der Waals surface area (Å²) in [5.74, 6) is 1.67. The second-order valence-electron chi connectivity index (χ2n) is 5.66. The van der Waals surface area contributed by atoms with E-state index in [1.807, 2.05) is 6.08 Å². The van der Waals surface area contributed by atoms with Crippen LogP contribution in [0, 0.1) is 5.92 Å². The summed E-state index contributed by atoms with van der Waals surface area (Å²) in [6.45, 7) is 11.0. The molecule has 1 aromatic rings. The fourth-order valence-corrected chi connectivity index (χ4v) is 1.97. The van der Waals surface area contributed by atoms with Gasteiger partial charge in [-0.2, -0.15) is 0 Å². The van der Waals surface area contributed by atoms with Gasteiger partial charge in [0, 0.05) is 6.54 Å². The summed E-state index contributed by atoms with van der Waals surface area (Å²) in [5.41, 5.74) is 1.31. The lowest BCUT2D eigenvalue weighted by Gasteiger charge is -2.09. The average Bonchev–Trinajstić information content (AvgIpc) is 2.44. The highest BCUT2D eigenvalue weighted by Crippen LogP contribution is 2.13. The van der Waals surface area contributed by atoms with E-state index in [9.17, 15) is 0 Å². The second kappa shape index (κ2) is 10.5. The monoisotopic (exact) mass is 275 g/mol. The molecule has 0 unspecified atom stereocenters. The third-order valence-electron chi connectivity index (χ3n) is 3.13. The van der Waals surface area contributed by atoms with Crippen molar-refractivity contribution in [2.45, 2.75) is 46.1 Å². The molecular formula is C18H29NO. The molecule has 0 saturated heterocycles. The molecule has 0 aliphatic carbocycles. The van der Waals surface area contributed by atoms with E-state index in [0.29, 0.717) is 5.92 Å². The first-order valence-corrected chi connectivity index (χ1v) is 7.75. The van der Waals surface area contributed by atoms with Crippen molar-refractivity contribution in [1.29, 1.82) is 0 Å². The van der Waals surface area contributed by atoms with Gasteiger partial charge >= 0.3 is 0 Å². The number of hydrogen-bond donors (Lipinski definition) is 1. The van der Waals surface area contributed by atoms with Crippen LogP contribution >= 0.6 is 0 Å². The lowest BCUT2D eigenvalue weighted by Crippen LogP contribution is -2.18. The first-order chi connectivity index (χ1) is 9.72. The maximum atomic E-state index is 5.74. The molecule has 0 heterocycles. The topological polar surface area (TPSA) is 21.3 Å². The number of hydrogen-bond acceptors (Lipinski definition) is 2. The molecule has 20 heavy (non-hydrogen) atoms. The van der Waals surface area contributed by atoms with E-state index in [-0.39, 0.29) is 0 Å². The van der Waals surface area contributed by atoms with Gasteiger partial charge in [-0.05, 0) is 55.8 Å². The summed E-state index contributed by atoms with van der Waals surface area (Å²) in [6.07, 6.45) is 6.63. The zero-order valence-electron chi connectivity index (χ0n) is 13.0. The van der Waals surface area contributed by atoms with E-state index in [0.717, 1.165) is 38.3 Å². The molecule has 0 aromatic heterocycles. The van der Waals surface area contributed by atoms with Gasteiger partial charge in [-0.1, -0.05) is 32.1 Å². The maximum absolute atomic E-state index is 5.74. The van der Waals surface area contributed by atoms with Crippen molar-refractivity contribution in [3.8, 4) is 5.75 Å². The lowest BCUT2D eigenvalue weighted by molar-refractivity contribution is 0.305. The highest BCUT2D eigenvalue weighted by atomic mass is 16.5. The Morgan fingerprint density at radius 2 is 1.90 bits per heavy atom. The standard InChI is InChI=1S/C18H29NO/c1-4-5-6-7-8-13-20-18-11-9-17(10-12-18)15-19-14-16(2)3/h4,9-12,16,19H,1,5-8,13-15H2,2-3H3. The van der Waals surface area contributed by atoms with Gasteiger partial charge in [0.25, 0.3) is 0 Å². The molecule has 1 aromatic carbocycles. The Hall–Kier alpha value is -1.28. The van der Waals surface area contributed by atoms with Gasteiger partial charge in [-0.3, -0.25) is 0 Å². The van der Waals surface area contributed by atoms with Crippen LogP contribution in [-0.2, 0) is 6.54 Å². The molecule has 0 radical (unpaired) electrons. The fraction of sp³-hybridized carbons (Fsp3) is 0.556. The Morgan fingerprint density at radius 1 is 1.15 bits per heavy atom. The van der Waals surface area contributed by atoms with Gasteiger partial charge in [-0.25, -0.2) is 0 Å². The predicted octanol–water partition coefficient (Wildman–Crippen LogP) is 4.56. The number of nitrogens with one attached hydrogen (secondary N) is 1. The molecule has 1 rings (SSSR count). The minimum Gasteiger partial charge on any atom is -0.494 e. The highest BCUT2D eigenvalue weighted by Gasteiger charge is 1.97. The molecule has 0 bridgehead atoms. The Morgan fingerprint density at radius 3 is 2.55 bits per heavy atom. The predicted molar refractivity (Wildman–Crippen MR) is 87.1 cm³/mol. The quantitative estimate of drug-likeness (QED) is 0.472. The van der Waals surface area contributed by atoms with E-state index in [1.165, 1.54) is 18.4 Å². The molecule has 0 amide bonds. The smallest absolute Gasteiger partial charge is 0.119 e. The van der Waals surface area contributed by atoms with Gasteiger partial charge < -0.3 is 10.1 Å². The van der Waals surface area contributed by atoms with Crippen LogP contribution in [0.4, 0.5) is 0 Å². The summed E-state index contributed by atoms with van der Waals surface area (Å²) in [5, 5.41) is 3.44. The maximum Gasteiger partial charge on any atom is 0.119 e. The van der Waals surface area contributed by atoms with Crippen LogP contribution in [0.15, 0.2) is 36.9 Å². The molecule has 2 heteroatoms. The van der Waals surface area contributed by atoms with Crippen molar-refractivity contribution in [2.75, 3.05) is 13.2 Å². The number of unbranched alkanes of at least 4 members (excludes halogenated alkanes) is 3. The van der Waals surface area contributed by atoms with E-state index in [4.69, 9.17) is 4.74 Å². The summed E-state index contributed by atoms with van der Waals surface area (Å²) in [6, 6.07) is 8.41. The van der Waals surface area contributed by atoms with Gasteiger partial charge in [0.1, 0.15) is 5.75 Å². The molecule has 0 fully saturated rings. The van der Waals surface area contributed by atoms with Crippen LogP contribution in [0.3, 0.4) is 0 Å². The van der Waals surface area contributed by atoms with Crippen molar-refractivity contribution in [2.24, 2.45) is 5.92 Å². The molecule has 0 aliphatic rings. The van der Waals surface area contributed by atoms with Gasteiger partial charge in [0.2, 0.25) is 0 Å². The van der Waals surface area contributed by atoms with E-state index >= 15 is 0 Å². The molecule has 0 saturated carbocycles. The van der Waals surface area contributed by atoms with Crippen LogP contribution in [0.1, 0.15) is 45.1 Å². The number of allylic oxidation sites excluding steroid dienone is 1. The van der Waals surface area contributed by atoms with Crippen molar-refractivity contribution in [1.82, 2.24) is 5.32 Å². The van der Waals surface area contributed by atoms with Gasteiger partial charge in [0.05, 0.1) is 6.61 Å². The number of rotatable bonds is 11. The van der Waals surface area contributed by atoms with E-state index in [2.05, 4.69) is 50.0 Å². The van der Waals surface area contributed by atoms with Gasteiger partial charge in [-0.15, -0.1) is 6.58 Å². The minimum atomic E-state index is 0.693. The number of benzene rings is 1. The molecular weight excluding hydrogens is 246 g/mol. The van der Waals surface area contributed by atoms with Crippen molar-refractivity contribution >= 4 is 0 Å². The first-order valence-electron chi connectivity index (χ1n) is 7.75. The average molecular weight is 275 g/mol. The zero-order valence-corrected chi connectivity index (χ0v) is 13.0. The Labute approximate surface area is 124 Å². The number of ether oxygens (including phenoxy) is 1. The fourth-order valence-electron chi connectivity index (χ4n) is 1.97. The van der Waals surface area contributed by atoms with Crippen LogP contribution in [0.2, 0.25) is 0 Å². The molecule has 0 atom stereocenters. The van der Waals surface area contributed by atoms with E-state index < -0.39 is 0 Å². The third-order valence-corrected chi connectivity index (χ3v) is 3.13. The Kier molecular flexibility index (Phi) is 8.81. The van der Waals surface area contributed by atoms with Crippen LogP contribution in [0.5, 0.6) is 5.75 Å². The summed E-state index contributed by atoms with van der Waals surface area (Å²) in [4.78, 5) is 0. The third kappa shape index (κ3) is 8.00. The minimum absolute atomic E-state index is 0.693. The summed E-state index contributed by atoms with van der Waals surface area (Å²) in [7, 11) is 0. The van der Waals surface area contributed by atoms with E-state index in [1.54, 1.807) is 0 Å². The molecule has 2 nitrogen and oxygen atoms in total. The largest absolute Gasteiger partial charge is 0.494 e. The SMILES string of the molecule is C=CCCCCCOc1ccc(CNCC(C)C)cc1.